The van der Waals surface area contributed by atoms with Crippen LogP contribution in [0.3, 0.4) is 0 Å². The van der Waals surface area contributed by atoms with Gasteiger partial charge in [0, 0.05) is 55.8 Å². The molecule has 4 rings (SSSR count). The summed E-state index contributed by atoms with van der Waals surface area (Å²) in [4.78, 5) is 51.6. The fourth-order valence-electron chi connectivity index (χ4n) is 4.17. The first-order valence-corrected chi connectivity index (χ1v) is 11.3. The summed E-state index contributed by atoms with van der Waals surface area (Å²) in [7, 11) is 3.76. The average Bonchev–Trinajstić information content (AvgIpc) is 3.14. The van der Waals surface area contributed by atoms with E-state index in [1.807, 2.05) is 31.1 Å². The Morgan fingerprint density at radius 1 is 0.973 bits per heavy atom. The smallest absolute Gasteiger partial charge is 0.300 e. The van der Waals surface area contributed by atoms with E-state index in [1.54, 1.807) is 36.4 Å². The molecule has 0 aliphatic carbocycles. The second kappa shape index (κ2) is 9.94. The third kappa shape index (κ3) is 4.90. The number of carbonyl (C=O) groups is 3. The van der Waals surface area contributed by atoms with Crippen LogP contribution in [-0.2, 0) is 14.4 Å². The van der Waals surface area contributed by atoms with Crippen molar-refractivity contribution in [1.29, 1.82) is 0 Å². The first-order valence-electron chi connectivity index (χ1n) is 11.3. The molecular formula is C27H24N4O6. The summed E-state index contributed by atoms with van der Waals surface area (Å²) in [6.07, 6.45) is 0. The van der Waals surface area contributed by atoms with Crippen molar-refractivity contribution in [2.75, 3.05) is 29.2 Å². The lowest BCUT2D eigenvalue weighted by atomic mass is 9.94. The molecule has 10 heteroatoms. The highest BCUT2D eigenvalue weighted by molar-refractivity contribution is 6.51. The Morgan fingerprint density at radius 3 is 2.08 bits per heavy atom. The van der Waals surface area contributed by atoms with Gasteiger partial charge < -0.3 is 15.3 Å². The Hall–Kier alpha value is -4.99. The van der Waals surface area contributed by atoms with Crippen LogP contribution in [0.4, 0.5) is 22.7 Å². The Kier molecular flexibility index (Phi) is 6.75. The van der Waals surface area contributed by atoms with Crippen molar-refractivity contribution in [3.63, 3.8) is 0 Å². The fraction of sp³-hybridized carbons (Fsp3) is 0.148. The molecule has 2 amide bonds. The highest BCUT2D eigenvalue weighted by atomic mass is 16.6. The molecule has 1 fully saturated rings. The number of benzene rings is 3. The molecule has 1 heterocycles. The maximum atomic E-state index is 13.3. The molecule has 188 valence electrons. The Labute approximate surface area is 212 Å². The number of nitro benzene ring substituents is 1. The zero-order chi connectivity index (χ0) is 26.9. The predicted molar refractivity (Wildman–Crippen MR) is 139 cm³/mol. The SMILES string of the molecule is CC(=O)Nc1ccc(N2C(=O)C(=O)/C(=C(\O)c3ccc([N+](=O)[O-])cc3)C2c2ccc(N(C)C)cc2)cc1. The monoisotopic (exact) mass is 500 g/mol. The number of nitro groups is 1. The summed E-state index contributed by atoms with van der Waals surface area (Å²) in [6.45, 7) is 1.38. The number of Topliss-reactive ketones (excluding diaryl/α,β-unsaturated/α-hetero) is 1. The number of anilines is 3. The number of ketones is 1. The highest BCUT2D eigenvalue weighted by Crippen LogP contribution is 2.42. The number of hydrogen-bond donors (Lipinski definition) is 2. The van der Waals surface area contributed by atoms with E-state index in [1.165, 1.54) is 36.1 Å². The van der Waals surface area contributed by atoms with Gasteiger partial charge in [-0.3, -0.25) is 29.4 Å². The number of nitrogens with one attached hydrogen (secondary N) is 1. The van der Waals surface area contributed by atoms with E-state index in [-0.39, 0.29) is 22.7 Å². The van der Waals surface area contributed by atoms with Crippen molar-refractivity contribution >= 4 is 46.1 Å². The third-order valence-electron chi connectivity index (χ3n) is 5.99. The lowest BCUT2D eigenvalue weighted by Gasteiger charge is -2.26. The topological polar surface area (TPSA) is 133 Å². The van der Waals surface area contributed by atoms with Crippen LogP contribution in [-0.4, -0.2) is 41.7 Å². The first-order chi connectivity index (χ1) is 17.6. The van der Waals surface area contributed by atoms with Crippen molar-refractivity contribution in [3.8, 4) is 0 Å². The second-order valence-electron chi connectivity index (χ2n) is 8.69. The zero-order valence-corrected chi connectivity index (χ0v) is 20.3. The van der Waals surface area contributed by atoms with Gasteiger partial charge in [-0.05, 0) is 54.1 Å². The summed E-state index contributed by atoms with van der Waals surface area (Å²) >= 11 is 0. The van der Waals surface area contributed by atoms with Gasteiger partial charge in [-0.15, -0.1) is 0 Å². The molecule has 1 saturated heterocycles. The molecular weight excluding hydrogens is 476 g/mol. The molecule has 0 bridgehead atoms. The van der Waals surface area contributed by atoms with E-state index in [4.69, 9.17) is 0 Å². The molecule has 3 aromatic rings. The summed E-state index contributed by atoms with van der Waals surface area (Å²) in [6, 6.07) is 17.8. The lowest BCUT2D eigenvalue weighted by Crippen LogP contribution is -2.29. The number of aliphatic hydroxyl groups excluding tert-OH is 1. The minimum atomic E-state index is -0.960. The molecule has 37 heavy (non-hydrogen) atoms. The normalized spacial score (nSPS) is 16.5. The molecule has 1 aliphatic heterocycles. The number of aliphatic hydroxyl groups is 1. The van der Waals surface area contributed by atoms with Gasteiger partial charge in [0.1, 0.15) is 5.76 Å². The largest absolute Gasteiger partial charge is 0.507 e. The summed E-state index contributed by atoms with van der Waals surface area (Å²) < 4.78 is 0. The summed E-state index contributed by atoms with van der Waals surface area (Å²) in [5.41, 5.74) is 2.25. The van der Waals surface area contributed by atoms with E-state index >= 15 is 0 Å². The van der Waals surface area contributed by atoms with Gasteiger partial charge in [0.2, 0.25) is 5.91 Å². The molecule has 3 aromatic carbocycles. The standard InChI is InChI=1S/C27H24N4O6/c1-16(32)28-19-8-14-21(15-9-19)30-24(17-4-10-20(11-5-17)29(2)3)23(26(34)27(30)35)25(33)18-6-12-22(13-7-18)31(36)37/h4-15,24,33H,1-3H3,(H,28,32)/b25-23-. The molecule has 1 aliphatic rings. The van der Waals surface area contributed by atoms with Gasteiger partial charge in [0.25, 0.3) is 17.4 Å². The first kappa shape index (κ1) is 25.1. The van der Waals surface area contributed by atoms with Crippen LogP contribution in [0.5, 0.6) is 0 Å². The van der Waals surface area contributed by atoms with Crippen LogP contribution in [0.2, 0.25) is 0 Å². The van der Waals surface area contributed by atoms with Crippen LogP contribution in [0.1, 0.15) is 24.1 Å². The summed E-state index contributed by atoms with van der Waals surface area (Å²) in [5, 5.41) is 24.9. The number of hydrogen-bond acceptors (Lipinski definition) is 7. The maximum Gasteiger partial charge on any atom is 0.300 e. The van der Waals surface area contributed by atoms with Gasteiger partial charge in [-0.2, -0.15) is 0 Å². The van der Waals surface area contributed by atoms with E-state index in [2.05, 4.69) is 5.32 Å². The van der Waals surface area contributed by atoms with Crippen LogP contribution in [0.25, 0.3) is 5.76 Å². The molecule has 10 nitrogen and oxygen atoms in total. The van der Waals surface area contributed by atoms with E-state index in [9.17, 15) is 29.6 Å². The average molecular weight is 501 g/mol. The Balaban J connectivity index is 1.86. The number of rotatable bonds is 6. The Bertz CT molecular complexity index is 1410. The summed E-state index contributed by atoms with van der Waals surface area (Å²) in [5.74, 6) is -2.41. The lowest BCUT2D eigenvalue weighted by molar-refractivity contribution is -0.384. The highest BCUT2D eigenvalue weighted by Gasteiger charge is 2.47. The third-order valence-corrected chi connectivity index (χ3v) is 5.99. The molecule has 1 atom stereocenters. The van der Waals surface area contributed by atoms with Gasteiger partial charge in [0.05, 0.1) is 16.5 Å². The quantitative estimate of drug-likeness (QED) is 0.170. The van der Waals surface area contributed by atoms with Crippen molar-refractivity contribution in [1.82, 2.24) is 0 Å². The molecule has 2 N–H and O–H groups in total. The van der Waals surface area contributed by atoms with Crippen LogP contribution in [0.15, 0.2) is 78.4 Å². The number of carbonyl (C=O) groups excluding carboxylic acids is 3. The minimum absolute atomic E-state index is 0.137. The number of non-ortho nitro benzene ring substituents is 1. The minimum Gasteiger partial charge on any atom is -0.507 e. The molecule has 0 spiro atoms. The number of nitrogens with zero attached hydrogens (tertiary/aromatic N) is 3. The zero-order valence-electron chi connectivity index (χ0n) is 20.3. The molecule has 0 aromatic heterocycles. The van der Waals surface area contributed by atoms with Crippen LogP contribution in [0, 0.1) is 10.1 Å². The van der Waals surface area contributed by atoms with Crippen molar-refractivity contribution < 1.29 is 24.4 Å². The van der Waals surface area contributed by atoms with Gasteiger partial charge in [-0.1, -0.05) is 12.1 Å². The maximum absolute atomic E-state index is 13.3. The fourth-order valence-corrected chi connectivity index (χ4v) is 4.17. The molecule has 1 unspecified atom stereocenters. The Morgan fingerprint density at radius 2 is 1.57 bits per heavy atom. The molecule has 0 saturated carbocycles. The van der Waals surface area contributed by atoms with Crippen LogP contribution < -0.4 is 15.1 Å². The van der Waals surface area contributed by atoms with Gasteiger partial charge >= 0.3 is 0 Å². The van der Waals surface area contributed by atoms with Crippen molar-refractivity contribution in [3.05, 3.63) is 99.6 Å². The van der Waals surface area contributed by atoms with Crippen molar-refractivity contribution in [2.24, 2.45) is 0 Å². The van der Waals surface area contributed by atoms with Crippen LogP contribution >= 0.6 is 0 Å². The van der Waals surface area contributed by atoms with E-state index in [0.29, 0.717) is 16.9 Å². The van der Waals surface area contributed by atoms with E-state index < -0.39 is 28.4 Å². The second-order valence-corrected chi connectivity index (χ2v) is 8.69. The van der Waals surface area contributed by atoms with Crippen molar-refractivity contribution in [2.45, 2.75) is 13.0 Å². The molecule has 0 radical (unpaired) electrons. The van der Waals surface area contributed by atoms with E-state index in [0.717, 1.165) is 5.69 Å². The van der Waals surface area contributed by atoms with Gasteiger partial charge in [0.15, 0.2) is 0 Å². The predicted octanol–water partition coefficient (Wildman–Crippen LogP) is 4.25. The van der Waals surface area contributed by atoms with Gasteiger partial charge in [-0.25, -0.2) is 0 Å². The number of amides is 2.